The van der Waals surface area contributed by atoms with Gasteiger partial charge in [-0.15, -0.1) is 0 Å². The molecule has 3 heteroatoms. The zero-order chi connectivity index (χ0) is 14.4. The molecule has 0 atom stereocenters. The summed E-state index contributed by atoms with van der Waals surface area (Å²) in [7, 11) is 0. The minimum absolute atomic E-state index is 0.0231. The first-order chi connectivity index (χ1) is 9.72. The standard InChI is InChI=1S/C17H14O3/c1-13(19)20-16(12-18)17(14-8-4-2-5-9-14)15-10-6-3-7-11-15/h2-12H,1H3. The van der Waals surface area contributed by atoms with Crippen LogP contribution in [0.25, 0.3) is 5.57 Å². The van der Waals surface area contributed by atoms with E-state index in [-0.39, 0.29) is 5.76 Å². The van der Waals surface area contributed by atoms with Gasteiger partial charge in [-0.3, -0.25) is 9.59 Å². The zero-order valence-corrected chi connectivity index (χ0v) is 11.1. The third kappa shape index (κ3) is 3.20. The lowest BCUT2D eigenvalue weighted by Gasteiger charge is -2.11. The van der Waals surface area contributed by atoms with Gasteiger partial charge in [-0.2, -0.15) is 0 Å². The van der Waals surface area contributed by atoms with E-state index in [2.05, 4.69) is 0 Å². The summed E-state index contributed by atoms with van der Waals surface area (Å²) >= 11 is 0. The van der Waals surface area contributed by atoms with Crippen LogP contribution in [-0.2, 0) is 14.3 Å². The van der Waals surface area contributed by atoms with Gasteiger partial charge in [0.2, 0.25) is 0 Å². The van der Waals surface area contributed by atoms with Crippen molar-refractivity contribution in [3.63, 3.8) is 0 Å². The molecule has 0 saturated carbocycles. The second-order valence-electron chi connectivity index (χ2n) is 4.18. The Kier molecular flexibility index (Phi) is 4.45. The summed E-state index contributed by atoms with van der Waals surface area (Å²) in [5.41, 5.74) is 2.25. The van der Waals surface area contributed by atoms with Gasteiger partial charge in [-0.25, -0.2) is 0 Å². The summed E-state index contributed by atoms with van der Waals surface area (Å²) in [6.45, 7) is 1.27. The van der Waals surface area contributed by atoms with E-state index in [0.717, 1.165) is 11.1 Å². The van der Waals surface area contributed by atoms with Gasteiger partial charge >= 0.3 is 5.97 Å². The molecule has 0 spiro atoms. The molecule has 0 aliphatic heterocycles. The van der Waals surface area contributed by atoms with Gasteiger partial charge in [-0.05, 0) is 11.1 Å². The van der Waals surface area contributed by atoms with E-state index in [4.69, 9.17) is 4.74 Å². The number of hydrogen-bond donors (Lipinski definition) is 0. The summed E-state index contributed by atoms with van der Waals surface area (Å²) in [5.74, 6) is -0.494. The van der Waals surface area contributed by atoms with E-state index in [0.29, 0.717) is 11.9 Å². The van der Waals surface area contributed by atoms with Gasteiger partial charge in [0, 0.05) is 12.5 Å². The van der Waals surface area contributed by atoms with Crippen LogP contribution in [0.2, 0.25) is 0 Å². The highest BCUT2D eigenvalue weighted by molar-refractivity contribution is 5.94. The van der Waals surface area contributed by atoms with Gasteiger partial charge in [0.15, 0.2) is 12.0 Å². The summed E-state index contributed by atoms with van der Waals surface area (Å²) in [6.07, 6.45) is 0.566. The number of carbonyl (C=O) groups excluding carboxylic acids is 2. The molecule has 0 saturated heterocycles. The number of benzene rings is 2. The van der Waals surface area contributed by atoms with E-state index in [9.17, 15) is 9.59 Å². The molecule has 20 heavy (non-hydrogen) atoms. The fourth-order valence-electron chi connectivity index (χ4n) is 1.95. The molecule has 0 aromatic heterocycles. The SMILES string of the molecule is CC(=O)OC(C=O)=C(c1ccccc1)c1ccccc1. The molecule has 0 bridgehead atoms. The molecule has 0 fully saturated rings. The highest BCUT2D eigenvalue weighted by Crippen LogP contribution is 2.26. The largest absolute Gasteiger partial charge is 0.423 e. The van der Waals surface area contributed by atoms with Crippen molar-refractivity contribution in [3.05, 3.63) is 77.5 Å². The van der Waals surface area contributed by atoms with E-state index in [1.54, 1.807) is 0 Å². The smallest absolute Gasteiger partial charge is 0.308 e. The highest BCUT2D eigenvalue weighted by Gasteiger charge is 2.14. The molecular formula is C17H14O3. The molecule has 0 heterocycles. The Balaban J connectivity index is 2.63. The first kappa shape index (κ1) is 13.7. The van der Waals surface area contributed by atoms with Gasteiger partial charge in [0.25, 0.3) is 0 Å². The summed E-state index contributed by atoms with van der Waals surface area (Å²) < 4.78 is 5.04. The van der Waals surface area contributed by atoms with Crippen molar-refractivity contribution in [3.8, 4) is 0 Å². The Morgan fingerprint density at radius 3 is 1.70 bits per heavy atom. The van der Waals surface area contributed by atoms with Crippen LogP contribution in [0.1, 0.15) is 18.1 Å². The van der Waals surface area contributed by atoms with Crippen molar-refractivity contribution in [2.45, 2.75) is 6.92 Å². The lowest BCUT2D eigenvalue weighted by atomic mass is 9.97. The molecular weight excluding hydrogens is 252 g/mol. The number of hydrogen-bond acceptors (Lipinski definition) is 3. The highest BCUT2D eigenvalue weighted by atomic mass is 16.5. The maximum absolute atomic E-state index is 11.3. The first-order valence-corrected chi connectivity index (χ1v) is 6.21. The van der Waals surface area contributed by atoms with Crippen LogP contribution in [0, 0.1) is 0 Å². The lowest BCUT2D eigenvalue weighted by Crippen LogP contribution is -2.04. The van der Waals surface area contributed by atoms with E-state index < -0.39 is 5.97 Å². The van der Waals surface area contributed by atoms with Crippen LogP contribution in [0.15, 0.2) is 66.4 Å². The van der Waals surface area contributed by atoms with Gasteiger partial charge in [0.05, 0.1) is 0 Å². The fourth-order valence-corrected chi connectivity index (χ4v) is 1.95. The Bertz CT molecular complexity index is 586. The average Bonchev–Trinajstić information content (AvgIpc) is 2.48. The van der Waals surface area contributed by atoms with Crippen LogP contribution >= 0.6 is 0 Å². The maximum atomic E-state index is 11.3. The molecule has 0 unspecified atom stereocenters. The number of rotatable bonds is 4. The Morgan fingerprint density at radius 1 is 0.900 bits per heavy atom. The fraction of sp³-hybridized carbons (Fsp3) is 0.0588. The van der Waals surface area contributed by atoms with Gasteiger partial charge in [0.1, 0.15) is 0 Å². The van der Waals surface area contributed by atoms with Gasteiger partial charge < -0.3 is 4.74 Å². The van der Waals surface area contributed by atoms with Crippen molar-refractivity contribution in [1.82, 2.24) is 0 Å². The summed E-state index contributed by atoms with van der Waals surface area (Å²) in [6, 6.07) is 18.7. The monoisotopic (exact) mass is 266 g/mol. The molecule has 3 nitrogen and oxygen atoms in total. The van der Waals surface area contributed by atoms with Crippen LogP contribution in [0.3, 0.4) is 0 Å². The normalized spacial score (nSPS) is 9.65. The molecule has 0 aliphatic rings. The zero-order valence-electron chi connectivity index (χ0n) is 11.1. The van der Waals surface area contributed by atoms with Crippen LogP contribution in [0.4, 0.5) is 0 Å². The molecule has 2 rings (SSSR count). The number of esters is 1. The molecule has 2 aromatic carbocycles. The molecule has 0 N–H and O–H groups in total. The number of allylic oxidation sites excluding steroid dienone is 1. The third-order valence-corrected chi connectivity index (χ3v) is 2.73. The summed E-state index contributed by atoms with van der Waals surface area (Å²) in [4.78, 5) is 22.5. The van der Waals surface area contributed by atoms with Crippen molar-refractivity contribution in [2.24, 2.45) is 0 Å². The van der Waals surface area contributed by atoms with Crippen LogP contribution in [-0.4, -0.2) is 12.3 Å². The minimum atomic E-state index is -0.517. The number of ether oxygens (including phenoxy) is 1. The summed E-state index contributed by atoms with van der Waals surface area (Å²) in [5, 5.41) is 0. The predicted molar refractivity (Wildman–Crippen MR) is 76.7 cm³/mol. The Hall–Kier alpha value is -2.68. The van der Waals surface area contributed by atoms with Crippen molar-refractivity contribution in [1.29, 1.82) is 0 Å². The van der Waals surface area contributed by atoms with Crippen LogP contribution in [0.5, 0.6) is 0 Å². The quantitative estimate of drug-likeness (QED) is 0.369. The molecule has 0 radical (unpaired) electrons. The lowest BCUT2D eigenvalue weighted by molar-refractivity contribution is -0.138. The maximum Gasteiger partial charge on any atom is 0.308 e. The topological polar surface area (TPSA) is 43.4 Å². The third-order valence-electron chi connectivity index (χ3n) is 2.73. The van der Waals surface area contributed by atoms with Crippen molar-refractivity contribution in [2.75, 3.05) is 0 Å². The second kappa shape index (κ2) is 6.48. The van der Waals surface area contributed by atoms with Gasteiger partial charge in [-0.1, -0.05) is 60.7 Å². The van der Waals surface area contributed by atoms with E-state index in [1.165, 1.54) is 6.92 Å². The number of aldehydes is 1. The molecule has 100 valence electrons. The van der Waals surface area contributed by atoms with E-state index in [1.807, 2.05) is 60.7 Å². The molecule has 2 aromatic rings. The molecule has 0 amide bonds. The predicted octanol–water partition coefficient (Wildman–Crippen LogP) is 3.21. The average molecular weight is 266 g/mol. The minimum Gasteiger partial charge on any atom is -0.423 e. The van der Waals surface area contributed by atoms with Crippen LogP contribution < -0.4 is 0 Å². The van der Waals surface area contributed by atoms with Crippen molar-refractivity contribution < 1.29 is 14.3 Å². The molecule has 0 aliphatic carbocycles. The van der Waals surface area contributed by atoms with Crippen molar-refractivity contribution >= 4 is 17.8 Å². The Labute approximate surface area is 117 Å². The first-order valence-electron chi connectivity index (χ1n) is 6.21. The number of carbonyl (C=O) groups is 2. The van der Waals surface area contributed by atoms with E-state index >= 15 is 0 Å². The Morgan fingerprint density at radius 2 is 1.35 bits per heavy atom. The second-order valence-corrected chi connectivity index (χ2v) is 4.18.